The quantitative estimate of drug-likeness (QED) is 0.584. The predicted molar refractivity (Wildman–Crippen MR) is 93.7 cm³/mol. The van der Waals surface area contributed by atoms with E-state index < -0.39 is 0 Å². The van der Waals surface area contributed by atoms with E-state index >= 15 is 0 Å². The van der Waals surface area contributed by atoms with Gasteiger partial charge in [0.1, 0.15) is 11.1 Å². The summed E-state index contributed by atoms with van der Waals surface area (Å²) in [5.74, 6) is 0.605. The smallest absolute Gasteiger partial charge is 0.222 e. The maximum Gasteiger partial charge on any atom is 0.222 e. The van der Waals surface area contributed by atoms with Gasteiger partial charge in [0.05, 0.1) is 25.1 Å². The van der Waals surface area contributed by atoms with Crippen LogP contribution in [0.25, 0.3) is 0 Å². The lowest BCUT2D eigenvalue weighted by molar-refractivity contribution is -0.130. The Bertz CT molecular complexity index is 632. The number of thiocarbonyl (C=S) groups is 1. The summed E-state index contributed by atoms with van der Waals surface area (Å²) in [6, 6.07) is 9.20. The van der Waals surface area contributed by atoms with E-state index in [1.807, 2.05) is 31.2 Å². The summed E-state index contributed by atoms with van der Waals surface area (Å²) < 4.78 is 11.1. The molecule has 0 aliphatic carbocycles. The molecule has 7 heteroatoms. The molecule has 1 atom stereocenters. The standard InChI is InChI=1S/C16H18N2O3S2/c1-3-20-16(22)23-15(14-8-4-5-9-17-14)18(12(2)19)11-13-7-6-10-21-13/h4-10,15H,3,11H2,1-2H3. The summed E-state index contributed by atoms with van der Waals surface area (Å²) in [5, 5.41) is -0.377. The SMILES string of the molecule is CCOC(=S)SC(c1ccccn1)N(Cc1ccco1)C(C)=O. The molecule has 2 heterocycles. The lowest BCUT2D eigenvalue weighted by Crippen LogP contribution is -2.32. The molecule has 122 valence electrons. The topological polar surface area (TPSA) is 55.6 Å². The number of aromatic nitrogens is 1. The van der Waals surface area contributed by atoms with Gasteiger partial charge in [-0.05, 0) is 55.2 Å². The number of pyridine rings is 1. The number of carbonyl (C=O) groups is 1. The lowest BCUT2D eigenvalue weighted by atomic mass is 10.3. The Morgan fingerprint density at radius 3 is 2.83 bits per heavy atom. The molecule has 2 aromatic rings. The fourth-order valence-corrected chi connectivity index (χ4v) is 3.35. The molecule has 1 unspecified atom stereocenters. The molecule has 23 heavy (non-hydrogen) atoms. The summed E-state index contributed by atoms with van der Waals surface area (Å²) in [4.78, 5) is 18.2. The highest BCUT2D eigenvalue weighted by Crippen LogP contribution is 2.34. The monoisotopic (exact) mass is 350 g/mol. The largest absolute Gasteiger partial charge is 0.479 e. The van der Waals surface area contributed by atoms with E-state index in [1.165, 1.54) is 18.7 Å². The normalized spacial score (nSPS) is 11.7. The predicted octanol–water partition coefficient (Wildman–Crippen LogP) is 3.78. The van der Waals surface area contributed by atoms with Gasteiger partial charge in [-0.25, -0.2) is 0 Å². The fourth-order valence-electron chi connectivity index (χ4n) is 1.98. The van der Waals surface area contributed by atoms with Gasteiger partial charge in [0.2, 0.25) is 10.3 Å². The third kappa shape index (κ3) is 5.07. The molecular weight excluding hydrogens is 332 g/mol. The van der Waals surface area contributed by atoms with E-state index in [4.69, 9.17) is 21.4 Å². The first-order valence-electron chi connectivity index (χ1n) is 7.15. The molecule has 0 N–H and O–H groups in total. The molecule has 0 radical (unpaired) electrons. The Morgan fingerprint density at radius 2 is 2.26 bits per heavy atom. The van der Waals surface area contributed by atoms with Crippen LogP contribution in [0.3, 0.4) is 0 Å². The van der Waals surface area contributed by atoms with Crippen LogP contribution < -0.4 is 0 Å². The molecule has 2 rings (SSSR count). The van der Waals surface area contributed by atoms with E-state index in [1.54, 1.807) is 23.4 Å². The Kier molecular flexibility index (Phi) is 6.61. The van der Waals surface area contributed by atoms with Crippen LogP contribution in [0.2, 0.25) is 0 Å². The molecular formula is C16H18N2O3S2. The van der Waals surface area contributed by atoms with Gasteiger partial charge in [-0.15, -0.1) is 0 Å². The van der Waals surface area contributed by atoms with Crippen molar-refractivity contribution in [1.82, 2.24) is 9.88 Å². The summed E-state index contributed by atoms with van der Waals surface area (Å²) in [6.45, 7) is 4.21. The first-order chi connectivity index (χ1) is 11.1. The lowest BCUT2D eigenvalue weighted by Gasteiger charge is -2.29. The summed E-state index contributed by atoms with van der Waals surface area (Å²) in [6.07, 6.45) is 3.28. The number of carbonyl (C=O) groups excluding carboxylic acids is 1. The zero-order valence-corrected chi connectivity index (χ0v) is 14.6. The van der Waals surface area contributed by atoms with E-state index in [0.717, 1.165) is 5.69 Å². The third-order valence-corrected chi connectivity index (χ3v) is 4.44. The van der Waals surface area contributed by atoms with Gasteiger partial charge in [0.25, 0.3) is 0 Å². The van der Waals surface area contributed by atoms with Crippen LogP contribution in [0.1, 0.15) is 30.7 Å². The maximum absolute atomic E-state index is 12.2. The number of hydrogen-bond donors (Lipinski definition) is 0. The third-order valence-electron chi connectivity index (χ3n) is 3.00. The average Bonchev–Trinajstić information content (AvgIpc) is 3.05. The van der Waals surface area contributed by atoms with Crippen LogP contribution in [0.15, 0.2) is 47.2 Å². The van der Waals surface area contributed by atoms with E-state index in [2.05, 4.69) is 4.98 Å². The van der Waals surface area contributed by atoms with Crippen molar-refractivity contribution in [2.45, 2.75) is 25.8 Å². The van der Waals surface area contributed by atoms with Gasteiger partial charge in [-0.2, -0.15) is 0 Å². The summed E-state index contributed by atoms with van der Waals surface area (Å²) in [5.41, 5.74) is 0.737. The first-order valence-corrected chi connectivity index (χ1v) is 8.44. The van der Waals surface area contributed by atoms with E-state index in [9.17, 15) is 4.79 Å². The molecule has 0 fully saturated rings. The molecule has 5 nitrogen and oxygen atoms in total. The Morgan fingerprint density at radius 1 is 1.43 bits per heavy atom. The molecule has 0 aliphatic heterocycles. The second kappa shape index (κ2) is 8.69. The van der Waals surface area contributed by atoms with Crippen LogP contribution in [-0.2, 0) is 16.1 Å². The molecule has 0 bridgehead atoms. The molecule has 0 aliphatic rings. The number of amides is 1. The number of hydrogen-bond acceptors (Lipinski definition) is 6. The molecule has 0 spiro atoms. The van der Waals surface area contributed by atoms with Crippen molar-refractivity contribution < 1.29 is 13.9 Å². The molecule has 2 aromatic heterocycles. The summed E-state index contributed by atoms with van der Waals surface area (Å²) in [7, 11) is 0. The van der Waals surface area contributed by atoms with Crippen molar-refractivity contribution in [3.8, 4) is 0 Å². The minimum atomic E-state index is -0.377. The van der Waals surface area contributed by atoms with Crippen molar-refractivity contribution in [2.75, 3.05) is 6.61 Å². The average molecular weight is 350 g/mol. The number of rotatable bonds is 6. The maximum atomic E-state index is 12.2. The number of ether oxygens (including phenoxy) is 1. The Balaban J connectivity index is 2.28. The van der Waals surface area contributed by atoms with Crippen molar-refractivity contribution in [2.24, 2.45) is 0 Å². The Labute approximate surface area is 145 Å². The van der Waals surface area contributed by atoms with Crippen molar-refractivity contribution in [1.29, 1.82) is 0 Å². The van der Waals surface area contributed by atoms with Gasteiger partial charge in [-0.3, -0.25) is 9.78 Å². The van der Waals surface area contributed by atoms with Crippen LogP contribution >= 0.6 is 24.0 Å². The van der Waals surface area contributed by atoms with Crippen LogP contribution in [0.5, 0.6) is 0 Å². The van der Waals surface area contributed by atoms with Crippen molar-refractivity contribution in [3.05, 3.63) is 54.2 Å². The molecule has 0 saturated heterocycles. The van der Waals surface area contributed by atoms with Gasteiger partial charge in [-0.1, -0.05) is 6.07 Å². The van der Waals surface area contributed by atoms with E-state index in [-0.39, 0.29) is 11.3 Å². The van der Waals surface area contributed by atoms with Crippen LogP contribution in [0, 0.1) is 0 Å². The second-order valence-corrected chi connectivity index (χ2v) is 6.32. The van der Waals surface area contributed by atoms with Gasteiger partial charge in [0.15, 0.2) is 0 Å². The first kappa shape index (κ1) is 17.5. The molecule has 1 amide bonds. The van der Waals surface area contributed by atoms with Crippen LogP contribution in [0.4, 0.5) is 0 Å². The minimum Gasteiger partial charge on any atom is -0.479 e. The minimum absolute atomic E-state index is 0.0937. The number of furan rings is 1. The van der Waals surface area contributed by atoms with Crippen LogP contribution in [-0.4, -0.2) is 26.8 Å². The highest BCUT2D eigenvalue weighted by Gasteiger charge is 2.27. The molecule has 0 aromatic carbocycles. The number of nitrogens with zero attached hydrogens (tertiary/aromatic N) is 2. The van der Waals surface area contributed by atoms with Crippen molar-refractivity contribution in [3.63, 3.8) is 0 Å². The van der Waals surface area contributed by atoms with Gasteiger partial charge < -0.3 is 14.1 Å². The zero-order valence-electron chi connectivity index (χ0n) is 13.0. The fraction of sp³-hybridized carbons (Fsp3) is 0.312. The summed E-state index contributed by atoms with van der Waals surface area (Å²) >= 11 is 6.53. The molecule has 0 saturated carbocycles. The van der Waals surface area contributed by atoms with E-state index in [0.29, 0.717) is 23.3 Å². The van der Waals surface area contributed by atoms with Gasteiger partial charge >= 0.3 is 0 Å². The highest BCUT2D eigenvalue weighted by molar-refractivity contribution is 8.22. The van der Waals surface area contributed by atoms with Gasteiger partial charge in [0, 0.05) is 13.1 Å². The second-order valence-electron chi connectivity index (χ2n) is 4.63. The Hall–Kier alpha value is -1.86. The highest BCUT2D eigenvalue weighted by atomic mass is 32.2. The number of thioether (sulfide) groups is 1. The zero-order chi connectivity index (χ0) is 16.7. The van der Waals surface area contributed by atoms with Crippen molar-refractivity contribution >= 4 is 34.3 Å².